The Kier molecular flexibility index (Phi) is 3.02. The van der Waals surface area contributed by atoms with Crippen molar-refractivity contribution in [1.82, 2.24) is 25.2 Å². The van der Waals surface area contributed by atoms with Crippen LogP contribution >= 0.6 is 11.3 Å². The Morgan fingerprint density at radius 3 is 2.89 bits per heavy atom. The quantitative estimate of drug-likeness (QED) is 0.910. The number of carboxylic acids is 1. The highest BCUT2D eigenvalue weighted by molar-refractivity contribution is 7.13. The third-order valence-corrected chi connectivity index (χ3v) is 4.42. The minimum Gasteiger partial charge on any atom is -0.481 e. The number of nitrogens with zero attached hydrogens (tertiary/aromatic N) is 5. The van der Waals surface area contributed by atoms with Crippen LogP contribution in [-0.2, 0) is 11.3 Å². The fourth-order valence-electron chi connectivity index (χ4n) is 2.59. The van der Waals surface area contributed by atoms with Gasteiger partial charge in [-0.2, -0.15) is 0 Å². The molecule has 1 saturated carbocycles. The molecule has 2 aromatic heterocycles. The van der Waals surface area contributed by atoms with Gasteiger partial charge in [-0.15, -0.1) is 16.4 Å². The molecule has 2 aromatic rings. The molecule has 100 valence electrons. The summed E-state index contributed by atoms with van der Waals surface area (Å²) in [4.78, 5) is 16.4. The van der Waals surface area contributed by atoms with E-state index in [1.54, 1.807) is 16.4 Å². The molecular weight excluding hydrogens is 266 g/mol. The SMILES string of the molecule is O=C(O)C1(Cn2nnnc2-c2cncs2)CCCC1. The lowest BCUT2D eigenvalue weighted by atomic mass is 9.86. The topological polar surface area (TPSA) is 93.8 Å². The number of thiazole rings is 1. The molecule has 0 spiro atoms. The van der Waals surface area contributed by atoms with Gasteiger partial charge in [0.25, 0.3) is 0 Å². The second-order valence-corrected chi connectivity index (χ2v) is 5.70. The third-order valence-electron chi connectivity index (χ3n) is 3.65. The van der Waals surface area contributed by atoms with E-state index >= 15 is 0 Å². The van der Waals surface area contributed by atoms with Crippen molar-refractivity contribution in [3.05, 3.63) is 11.7 Å². The van der Waals surface area contributed by atoms with Crippen LogP contribution in [-0.4, -0.2) is 36.3 Å². The second-order valence-electron chi connectivity index (χ2n) is 4.82. The van der Waals surface area contributed by atoms with Crippen LogP contribution in [0.2, 0.25) is 0 Å². The first-order valence-electron chi connectivity index (χ1n) is 6.10. The van der Waals surface area contributed by atoms with Crippen molar-refractivity contribution in [2.24, 2.45) is 5.41 Å². The molecule has 1 fully saturated rings. The van der Waals surface area contributed by atoms with Crippen molar-refractivity contribution in [3.63, 3.8) is 0 Å². The smallest absolute Gasteiger partial charge is 0.311 e. The molecule has 0 amide bonds. The number of hydrogen-bond acceptors (Lipinski definition) is 6. The summed E-state index contributed by atoms with van der Waals surface area (Å²) in [6, 6.07) is 0. The molecule has 19 heavy (non-hydrogen) atoms. The van der Waals surface area contributed by atoms with Gasteiger partial charge in [0, 0.05) is 6.20 Å². The maximum absolute atomic E-state index is 11.6. The molecule has 3 rings (SSSR count). The average Bonchev–Trinajstić information content (AvgIpc) is 3.09. The van der Waals surface area contributed by atoms with E-state index in [9.17, 15) is 9.90 Å². The molecule has 0 atom stereocenters. The van der Waals surface area contributed by atoms with Crippen LogP contribution in [0, 0.1) is 5.41 Å². The molecule has 0 saturated heterocycles. The molecule has 2 heterocycles. The molecule has 1 aliphatic rings. The summed E-state index contributed by atoms with van der Waals surface area (Å²) in [6.45, 7) is 0.322. The van der Waals surface area contributed by atoms with Crippen molar-refractivity contribution in [1.29, 1.82) is 0 Å². The number of tetrazole rings is 1. The Morgan fingerprint density at radius 1 is 1.47 bits per heavy atom. The lowest BCUT2D eigenvalue weighted by Crippen LogP contribution is -2.33. The van der Waals surface area contributed by atoms with E-state index < -0.39 is 11.4 Å². The zero-order valence-electron chi connectivity index (χ0n) is 10.2. The van der Waals surface area contributed by atoms with E-state index in [4.69, 9.17) is 0 Å². The number of aliphatic carboxylic acids is 1. The zero-order chi connectivity index (χ0) is 13.3. The van der Waals surface area contributed by atoms with Gasteiger partial charge in [-0.05, 0) is 23.3 Å². The van der Waals surface area contributed by atoms with Gasteiger partial charge >= 0.3 is 5.97 Å². The summed E-state index contributed by atoms with van der Waals surface area (Å²) < 4.78 is 1.59. The zero-order valence-corrected chi connectivity index (χ0v) is 11.0. The van der Waals surface area contributed by atoms with Gasteiger partial charge in [0.05, 0.1) is 22.3 Å². The fourth-order valence-corrected chi connectivity index (χ4v) is 3.20. The van der Waals surface area contributed by atoms with Crippen molar-refractivity contribution >= 4 is 17.3 Å². The van der Waals surface area contributed by atoms with Gasteiger partial charge in [0.1, 0.15) is 0 Å². The van der Waals surface area contributed by atoms with E-state index in [0.717, 1.165) is 17.7 Å². The summed E-state index contributed by atoms with van der Waals surface area (Å²) in [5.74, 6) is -0.161. The summed E-state index contributed by atoms with van der Waals surface area (Å²) in [5, 5.41) is 21.1. The summed E-state index contributed by atoms with van der Waals surface area (Å²) in [5.41, 5.74) is 0.978. The van der Waals surface area contributed by atoms with Crippen LogP contribution in [0.5, 0.6) is 0 Å². The summed E-state index contributed by atoms with van der Waals surface area (Å²) in [7, 11) is 0. The molecule has 0 radical (unpaired) electrons. The molecule has 1 aliphatic carbocycles. The van der Waals surface area contributed by atoms with E-state index in [1.165, 1.54) is 11.3 Å². The molecule has 0 unspecified atom stereocenters. The second kappa shape index (κ2) is 4.69. The number of hydrogen-bond donors (Lipinski definition) is 1. The Bertz CT molecular complexity index is 574. The highest BCUT2D eigenvalue weighted by Crippen LogP contribution is 2.40. The van der Waals surface area contributed by atoms with Crippen LogP contribution in [0.4, 0.5) is 0 Å². The first-order chi connectivity index (χ1) is 9.21. The Hall–Kier alpha value is -1.83. The Morgan fingerprint density at radius 2 is 2.26 bits per heavy atom. The molecule has 0 aliphatic heterocycles. The lowest BCUT2D eigenvalue weighted by Gasteiger charge is -2.23. The van der Waals surface area contributed by atoms with Crippen LogP contribution < -0.4 is 0 Å². The predicted molar refractivity (Wildman–Crippen MR) is 67.5 cm³/mol. The summed E-state index contributed by atoms with van der Waals surface area (Å²) in [6.07, 6.45) is 4.96. The monoisotopic (exact) mass is 279 g/mol. The highest BCUT2D eigenvalue weighted by Gasteiger charge is 2.42. The first kappa shape index (κ1) is 12.2. The maximum atomic E-state index is 11.6. The molecule has 8 heteroatoms. The average molecular weight is 279 g/mol. The van der Waals surface area contributed by atoms with Crippen LogP contribution in [0.15, 0.2) is 11.7 Å². The molecule has 0 bridgehead atoms. The van der Waals surface area contributed by atoms with Gasteiger partial charge in [-0.25, -0.2) is 4.68 Å². The van der Waals surface area contributed by atoms with E-state index in [1.807, 2.05) is 0 Å². The Labute approximate surface area is 113 Å². The third kappa shape index (κ3) is 2.12. The van der Waals surface area contributed by atoms with Crippen LogP contribution in [0.1, 0.15) is 25.7 Å². The van der Waals surface area contributed by atoms with Gasteiger partial charge in [-0.3, -0.25) is 9.78 Å². The number of aromatic nitrogens is 5. The van der Waals surface area contributed by atoms with E-state index in [2.05, 4.69) is 20.5 Å². The van der Waals surface area contributed by atoms with Crippen molar-refractivity contribution in [2.45, 2.75) is 32.2 Å². The van der Waals surface area contributed by atoms with Crippen LogP contribution in [0.3, 0.4) is 0 Å². The standard InChI is InChI=1S/C11H13N5O2S/c17-10(18)11(3-1-2-4-11)6-16-9(13-14-15-16)8-5-12-7-19-8/h5,7H,1-4,6H2,(H,17,18). The minimum atomic E-state index is -0.754. The van der Waals surface area contributed by atoms with Crippen molar-refractivity contribution < 1.29 is 9.90 Å². The maximum Gasteiger partial charge on any atom is 0.311 e. The molecule has 0 aromatic carbocycles. The number of carbonyl (C=O) groups is 1. The molecular formula is C11H13N5O2S. The fraction of sp³-hybridized carbons (Fsp3) is 0.545. The van der Waals surface area contributed by atoms with Crippen molar-refractivity contribution in [3.8, 4) is 10.7 Å². The molecule has 1 N–H and O–H groups in total. The normalized spacial score (nSPS) is 17.7. The highest BCUT2D eigenvalue weighted by atomic mass is 32.1. The number of carboxylic acid groups (broad SMARTS) is 1. The molecule has 7 nitrogen and oxygen atoms in total. The predicted octanol–water partition coefficient (Wildman–Crippen LogP) is 1.44. The summed E-state index contributed by atoms with van der Waals surface area (Å²) >= 11 is 1.44. The first-order valence-corrected chi connectivity index (χ1v) is 6.98. The van der Waals surface area contributed by atoms with E-state index in [-0.39, 0.29) is 0 Å². The van der Waals surface area contributed by atoms with E-state index in [0.29, 0.717) is 25.2 Å². The van der Waals surface area contributed by atoms with Crippen molar-refractivity contribution in [2.75, 3.05) is 0 Å². The van der Waals surface area contributed by atoms with Gasteiger partial charge in [0.2, 0.25) is 0 Å². The lowest BCUT2D eigenvalue weighted by molar-refractivity contribution is -0.149. The van der Waals surface area contributed by atoms with Crippen LogP contribution in [0.25, 0.3) is 10.7 Å². The van der Waals surface area contributed by atoms with Gasteiger partial charge < -0.3 is 5.11 Å². The number of rotatable bonds is 4. The van der Waals surface area contributed by atoms with Gasteiger partial charge in [-0.1, -0.05) is 12.8 Å². The largest absolute Gasteiger partial charge is 0.481 e. The Balaban J connectivity index is 1.92. The minimum absolute atomic E-state index is 0.322. The van der Waals surface area contributed by atoms with Gasteiger partial charge in [0.15, 0.2) is 5.82 Å².